The van der Waals surface area contributed by atoms with Crippen molar-refractivity contribution in [1.29, 1.82) is 0 Å². The van der Waals surface area contributed by atoms with E-state index in [0.29, 0.717) is 18.0 Å². The third kappa shape index (κ3) is 9.43. The van der Waals surface area contributed by atoms with Gasteiger partial charge in [-0.2, -0.15) is 0 Å². The van der Waals surface area contributed by atoms with Gasteiger partial charge in [0.15, 0.2) is 6.10 Å². The van der Waals surface area contributed by atoms with Crippen LogP contribution in [0.2, 0.25) is 5.02 Å². The largest absolute Gasteiger partial charge is 0.440 e. The van der Waals surface area contributed by atoms with Gasteiger partial charge in [-0.1, -0.05) is 81.8 Å². The zero-order valence-electron chi connectivity index (χ0n) is 26.3. The Hall–Kier alpha value is -3.63. The first-order valence-electron chi connectivity index (χ1n) is 15.7. The second-order valence-electron chi connectivity index (χ2n) is 13.1. The smallest absolute Gasteiger partial charge is 0.408 e. The SMILES string of the molecule is CC(C)C[C@H](NC(=O)OC(c1ccccc1)C(C)(C)c1cccc(Cl)c1)C(=O)N[C@@H](CC1CCNC1=O)C(O)C(=O)NC1CC1. The maximum Gasteiger partial charge on any atom is 0.408 e. The first-order chi connectivity index (χ1) is 21.3. The molecule has 4 amide bonds. The summed E-state index contributed by atoms with van der Waals surface area (Å²) >= 11 is 6.30. The number of amides is 4. The van der Waals surface area contributed by atoms with E-state index >= 15 is 0 Å². The normalized spacial score (nSPS) is 19.2. The minimum Gasteiger partial charge on any atom is -0.440 e. The van der Waals surface area contributed by atoms with Gasteiger partial charge in [0.25, 0.3) is 5.91 Å². The second kappa shape index (κ2) is 15.1. The molecule has 2 aliphatic rings. The number of carbonyl (C=O) groups is 4. The lowest BCUT2D eigenvalue weighted by molar-refractivity contribution is -0.134. The molecule has 2 fully saturated rings. The number of halogens is 1. The molecule has 5 atom stereocenters. The lowest BCUT2D eigenvalue weighted by atomic mass is 9.76. The highest BCUT2D eigenvalue weighted by Crippen LogP contribution is 2.40. The highest BCUT2D eigenvalue weighted by Gasteiger charge is 2.39. The van der Waals surface area contributed by atoms with E-state index in [-0.39, 0.29) is 30.7 Å². The Kier molecular flexibility index (Phi) is 11.5. The monoisotopic (exact) mass is 640 g/mol. The van der Waals surface area contributed by atoms with Gasteiger partial charge in [0.1, 0.15) is 12.1 Å². The summed E-state index contributed by atoms with van der Waals surface area (Å²) in [4.78, 5) is 52.4. The zero-order chi connectivity index (χ0) is 32.7. The number of alkyl carbamates (subject to hydrolysis) is 1. The molecule has 0 bridgehead atoms. The fraction of sp³-hybridized carbons (Fsp3) is 0.529. The van der Waals surface area contributed by atoms with Gasteiger partial charge in [0.05, 0.1) is 6.04 Å². The van der Waals surface area contributed by atoms with Gasteiger partial charge in [-0.3, -0.25) is 14.4 Å². The van der Waals surface area contributed by atoms with Crippen LogP contribution in [-0.2, 0) is 24.5 Å². The van der Waals surface area contributed by atoms with Crippen LogP contribution in [0.25, 0.3) is 0 Å². The van der Waals surface area contributed by atoms with E-state index in [0.717, 1.165) is 24.0 Å². The summed E-state index contributed by atoms with van der Waals surface area (Å²) in [5.41, 5.74) is 0.929. The highest BCUT2D eigenvalue weighted by molar-refractivity contribution is 6.30. The fourth-order valence-corrected chi connectivity index (χ4v) is 5.90. The average molecular weight is 641 g/mol. The highest BCUT2D eigenvalue weighted by atomic mass is 35.5. The van der Waals surface area contributed by atoms with Crippen molar-refractivity contribution in [2.45, 2.75) is 95.5 Å². The van der Waals surface area contributed by atoms with Crippen molar-refractivity contribution in [3.63, 3.8) is 0 Å². The van der Waals surface area contributed by atoms with Crippen LogP contribution in [0.15, 0.2) is 54.6 Å². The molecule has 0 aromatic heterocycles. The Morgan fingerprint density at radius 3 is 2.33 bits per heavy atom. The number of aliphatic hydroxyl groups is 1. The van der Waals surface area contributed by atoms with Crippen LogP contribution < -0.4 is 21.3 Å². The maximum atomic E-state index is 13.7. The van der Waals surface area contributed by atoms with Crippen molar-refractivity contribution in [3.8, 4) is 0 Å². The van der Waals surface area contributed by atoms with Crippen LogP contribution in [0.4, 0.5) is 4.79 Å². The van der Waals surface area contributed by atoms with E-state index in [9.17, 15) is 24.3 Å². The molecule has 4 rings (SSSR count). The van der Waals surface area contributed by atoms with E-state index in [4.69, 9.17) is 16.3 Å². The third-order valence-corrected chi connectivity index (χ3v) is 8.70. The first-order valence-corrected chi connectivity index (χ1v) is 16.1. The first kappa shape index (κ1) is 34.2. The minimum atomic E-state index is -1.56. The minimum absolute atomic E-state index is 0.0102. The number of hydrogen-bond donors (Lipinski definition) is 5. The quantitative estimate of drug-likeness (QED) is 0.210. The number of aliphatic hydroxyl groups excluding tert-OH is 1. The lowest BCUT2D eigenvalue weighted by Gasteiger charge is -2.35. The van der Waals surface area contributed by atoms with Gasteiger partial charge in [-0.15, -0.1) is 0 Å². The second-order valence-corrected chi connectivity index (χ2v) is 13.5. The molecule has 5 N–H and O–H groups in total. The Morgan fingerprint density at radius 1 is 1.02 bits per heavy atom. The summed E-state index contributed by atoms with van der Waals surface area (Å²) in [5.74, 6) is -1.80. The number of nitrogens with one attached hydrogen (secondary N) is 4. The van der Waals surface area contributed by atoms with Crippen LogP contribution in [0, 0.1) is 11.8 Å². The summed E-state index contributed by atoms with van der Waals surface area (Å²) in [6.45, 7) is 8.24. The van der Waals surface area contributed by atoms with Crippen LogP contribution in [0.5, 0.6) is 0 Å². The van der Waals surface area contributed by atoms with Crippen molar-refractivity contribution in [2.75, 3.05) is 6.54 Å². The molecule has 1 saturated carbocycles. The Morgan fingerprint density at radius 2 is 1.73 bits per heavy atom. The van der Waals surface area contributed by atoms with Gasteiger partial charge < -0.3 is 31.1 Å². The summed E-state index contributed by atoms with van der Waals surface area (Å²) in [6, 6.07) is 14.7. The van der Waals surface area contributed by atoms with E-state index in [1.807, 2.05) is 76.2 Å². The van der Waals surface area contributed by atoms with Crippen molar-refractivity contribution in [1.82, 2.24) is 21.3 Å². The molecule has 2 aromatic carbocycles. The average Bonchev–Trinajstić information content (AvgIpc) is 3.73. The zero-order valence-corrected chi connectivity index (χ0v) is 27.1. The molecule has 244 valence electrons. The number of benzene rings is 2. The van der Waals surface area contributed by atoms with Crippen LogP contribution in [0.3, 0.4) is 0 Å². The number of rotatable bonds is 14. The molecule has 11 heteroatoms. The van der Waals surface area contributed by atoms with E-state index in [1.165, 1.54) is 0 Å². The molecule has 45 heavy (non-hydrogen) atoms. The summed E-state index contributed by atoms with van der Waals surface area (Å²) < 4.78 is 6.08. The molecule has 1 heterocycles. The maximum absolute atomic E-state index is 13.7. The van der Waals surface area contributed by atoms with E-state index < -0.39 is 53.5 Å². The van der Waals surface area contributed by atoms with Crippen molar-refractivity contribution in [3.05, 3.63) is 70.7 Å². The number of ether oxygens (including phenoxy) is 1. The Labute approximate surface area is 270 Å². The summed E-state index contributed by atoms with van der Waals surface area (Å²) in [5, 5.41) is 22.6. The van der Waals surface area contributed by atoms with Gasteiger partial charge in [-0.05, 0) is 61.3 Å². The fourth-order valence-electron chi connectivity index (χ4n) is 5.71. The van der Waals surface area contributed by atoms with Gasteiger partial charge in [0, 0.05) is 28.9 Å². The Balaban J connectivity index is 1.52. The van der Waals surface area contributed by atoms with Gasteiger partial charge >= 0.3 is 6.09 Å². The van der Waals surface area contributed by atoms with Gasteiger partial charge in [0.2, 0.25) is 11.8 Å². The van der Waals surface area contributed by atoms with E-state index in [1.54, 1.807) is 6.07 Å². The molecule has 1 aliphatic heterocycles. The standard InChI is InChI=1S/C34H45ClN4O6/c1-20(2)17-27(31(42)38-26(18-22-15-16-36-30(22)41)28(40)32(43)37-25-13-14-25)39-33(44)45-29(21-9-6-5-7-10-21)34(3,4)23-11-8-12-24(35)19-23/h5-12,19-20,22,25-29,40H,13-18H2,1-4H3,(H,36,41)(H,37,43)(H,38,42)(H,39,44)/t22?,26-,27-,28?,29?/m0/s1. The van der Waals surface area contributed by atoms with E-state index in [2.05, 4.69) is 21.3 Å². The molecule has 0 radical (unpaired) electrons. The molecule has 0 spiro atoms. The van der Waals surface area contributed by atoms with Crippen LogP contribution >= 0.6 is 11.6 Å². The predicted octanol–water partition coefficient (Wildman–Crippen LogP) is 4.15. The van der Waals surface area contributed by atoms with Crippen LogP contribution in [0.1, 0.15) is 77.0 Å². The summed E-state index contributed by atoms with van der Waals surface area (Å²) in [6.07, 6.45) is -0.529. The topological polar surface area (TPSA) is 146 Å². The molecule has 3 unspecified atom stereocenters. The predicted molar refractivity (Wildman–Crippen MR) is 171 cm³/mol. The van der Waals surface area contributed by atoms with Crippen molar-refractivity contribution >= 4 is 35.4 Å². The molecule has 2 aromatic rings. The van der Waals surface area contributed by atoms with Crippen molar-refractivity contribution in [2.24, 2.45) is 11.8 Å². The summed E-state index contributed by atoms with van der Waals surface area (Å²) in [7, 11) is 0. The number of hydrogen-bond acceptors (Lipinski definition) is 6. The lowest BCUT2D eigenvalue weighted by Crippen LogP contribution is -2.56. The van der Waals surface area contributed by atoms with Crippen molar-refractivity contribution < 1.29 is 29.0 Å². The molecule has 1 aliphatic carbocycles. The molecular formula is C34H45ClN4O6. The number of carbonyl (C=O) groups excluding carboxylic acids is 4. The molecule has 10 nitrogen and oxygen atoms in total. The van der Waals surface area contributed by atoms with Crippen LogP contribution in [-0.4, -0.2) is 59.7 Å². The van der Waals surface area contributed by atoms with Gasteiger partial charge in [-0.25, -0.2) is 4.79 Å². The molecule has 1 saturated heterocycles. The third-order valence-electron chi connectivity index (χ3n) is 8.47. The Bertz CT molecular complexity index is 1350. The molecular weight excluding hydrogens is 596 g/mol.